The van der Waals surface area contributed by atoms with Crippen LogP contribution in [0.3, 0.4) is 0 Å². The molecule has 1 saturated carbocycles. The van der Waals surface area contributed by atoms with Crippen LogP contribution in [-0.2, 0) is 16.0 Å². The molecule has 1 fully saturated rings. The van der Waals surface area contributed by atoms with E-state index >= 15 is 0 Å². The summed E-state index contributed by atoms with van der Waals surface area (Å²) < 4.78 is 38.2. The Kier molecular flexibility index (Phi) is 4.59. The van der Waals surface area contributed by atoms with Gasteiger partial charge in [-0.2, -0.15) is 13.8 Å². The van der Waals surface area contributed by atoms with E-state index in [1.807, 2.05) is 0 Å². The second-order valence-electron chi connectivity index (χ2n) is 6.56. The van der Waals surface area contributed by atoms with Crippen molar-refractivity contribution in [2.24, 2.45) is 0 Å². The minimum atomic E-state index is -2.78. The molecule has 2 aromatic heterocycles. The maximum Gasteiger partial charge on any atom is 0.320 e. The van der Waals surface area contributed by atoms with Gasteiger partial charge in [-0.05, 0) is 31.9 Å². The van der Waals surface area contributed by atoms with Crippen LogP contribution in [0.1, 0.15) is 62.3 Å². The molecule has 2 heterocycles. The predicted octanol–water partition coefficient (Wildman–Crippen LogP) is 3.93. The lowest BCUT2D eigenvalue weighted by Gasteiger charge is -2.14. The van der Waals surface area contributed by atoms with Gasteiger partial charge in [0.05, 0.1) is 17.5 Å². The van der Waals surface area contributed by atoms with Crippen LogP contribution in [-0.4, -0.2) is 25.7 Å². The number of aromatic nitrogens is 4. The van der Waals surface area contributed by atoms with Crippen molar-refractivity contribution in [3.05, 3.63) is 41.8 Å². The topological polar surface area (TPSA) is 83.0 Å². The number of hydrogen-bond acceptors (Lipinski definition) is 6. The Bertz CT molecular complexity index is 965. The normalized spacial score (nSPS) is 15.4. The lowest BCUT2D eigenvalue weighted by atomic mass is 10.3. The van der Waals surface area contributed by atoms with Gasteiger partial charge in [0.15, 0.2) is 17.8 Å². The molecule has 1 atom stereocenters. The van der Waals surface area contributed by atoms with Gasteiger partial charge < -0.3 is 9.26 Å². The summed E-state index contributed by atoms with van der Waals surface area (Å²) in [5.41, 5.74) is 0.720. The summed E-state index contributed by atoms with van der Waals surface area (Å²) >= 11 is 0. The molecule has 142 valence electrons. The fourth-order valence-corrected chi connectivity index (χ4v) is 2.95. The number of benzene rings is 1. The predicted molar refractivity (Wildman–Crippen MR) is 90.1 cm³/mol. The molecule has 0 amide bonds. The number of imidazole rings is 1. The molecule has 1 aliphatic rings. The molecule has 27 heavy (non-hydrogen) atoms. The summed E-state index contributed by atoms with van der Waals surface area (Å²) in [6, 6.07) is 6.56. The molecule has 0 aliphatic heterocycles. The molecular weight excluding hydrogens is 358 g/mol. The second kappa shape index (κ2) is 7.05. The largest absolute Gasteiger partial charge is 0.454 e. The van der Waals surface area contributed by atoms with Crippen molar-refractivity contribution in [3.8, 4) is 0 Å². The molecule has 0 radical (unpaired) electrons. The number of ether oxygens (including phenoxy) is 1. The lowest BCUT2D eigenvalue weighted by Crippen LogP contribution is -2.15. The maximum atomic E-state index is 13.5. The van der Waals surface area contributed by atoms with Crippen LogP contribution >= 0.6 is 0 Å². The first-order valence-corrected chi connectivity index (χ1v) is 8.80. The lowest BCUT2D eigenvalue weighted by molar-refractivity contribution is -0.149. The fraction of sp³-hybridized carbons (Fsp3) is 0.444. The summed E-state index contributed by atoms with van der Waals surface area (Å²) in [5, 5.41) is 3.89. The average Bonchev–Trinajstić information content (AvgIpc) is 3.25. The third kappa shape index (κ3) is 3.67. The smallest absolute Gasteiger partial charge is 0.320 e. The Labute approximate surface area is 153 Å². The van der Waals surface area contributed by atoms with Crippen LogP contribution in [0.25, 0.3) is 11.0 Å². The molecule has 0 saturated heterocycles. The Hall–Kier alpha value is -2.84. The third-order valence-electron chi connectivity index (χ3n) is 4.46. The highest BCUT2D eigenvalue weighted by atomic mass is 19.3. The summed E-state index contributed by atoms with van der Waals surface area (Å²) in [7, 11) is 0. The van der Waals surface area contributed by atoms with Gasteiger partial charge in [-0.15, -0.1) is 0 Å². The quantitative estimate of drug-likeness (QED) is 0.581. The third-order valence-corrected chi connectivity index (χ3v) is 4.46. The summed E-state index contributed by atoms with van der Waals surface area (Å²) in [6.45, 7) is -1.26. The van der Waals surface area contributed by atoms with E-state index in [-0.39, 0.29) is 18.7 Å². The number of nitrogens with zero attached hydrogens (tertiary/aromatic N) is 4. The van der Waals surface area contributed by atoms with Crippen LogP contribution in [0, 0.1) is 0 Å². The van der Waals surface area contributed by atoms with Gasteiger partial charge in [0.25, 0.3) is 0 Å². The standard InChI is InChI=1S/C18H18F2N4O3/c1-10(17-21-12-4-2-3-5-13(12)24(17)18(19)20)26-15(25)9-8-14-22-16(23-27-14)11-6-7-11/h2-5,10-11,18H,6-9H2,1H3/t10-/m0/s1. The molecule has 0 spiro atoms. The van der Waals surface area contributed by atoms with E-state index < -0.39 is 18.6 Å². The molecule has 9 heteroatoms. The molecule has 1 aliphatic carbocycles. The van der Waals surface area contributed by atoms with Crippen molar-refractivity contribution < 1.29 is 22.8 Å². The number of carbonyl (C=O) groups excluding carboxylic acids is 1. The molecule has 7 nitrogen and oxygen atoms in total. The number of alkyl halides is 2. The summed E-state index contributed by atoms with van der Waals surface area (Å²) in [5.74, 6) is 0.894. The minimum Gasteiger partial charge on any atom is -0.454 e. The fourth-order valence-electron chi connectivity index (χ4n) is 2.95. The number of para-hydroxylation sites is 2. The Balaban J connectivity index is 1.41. The molecule has 0 unspecified atom stereocenters. The number of aryl methyl sites for hydroxylation is 1. The van der Waals surface area contributed by atoms with E-state index in [1.165, 1.54) is 6.92 Å². The van der Waals surface area contributed by atoms with Crippen LogP contribution < -0.4 is 0 Å². The summed E-state index contributed by atoms with van der Waals surface area (Å²) in [4.78, 5) is 20.6. The molecule has 1 aromatic carbocycles. The molecule has 0 bridgehead atoms. The highest BCUT2D eigenvalue weighted by Crippen LogP contribution is 2.38. The first-order chi connectivity index (χ1) is 13.0. The van der Waals surface area contributed by atoms with E-state index in [0.29, 0.717) is 28.7 Å². The van der Waals surface area contributed by atoms with Crippen molar-refractivity contribution in [1.82, 2.24) is 19.7 Å². The van der Waals surface area contributed by atoms with Crippen LogP contribution in [0.4, 0.5) is 8.78 Å². The molecule has 4 rings (SSSR count). The van der Waals surface area contributed by atoms with E-state index in [2.05, 4.69) is 15.1 Å². The minimum absolute atomic E-state index is 0.00774. The Morgan fingerprint density at radius 2 is 2.11 bits per heavy atom. The van der Waals surface area contributed by atoms with Crippen molar-refractivity contribution >= 4 is 17.0 Å². The highest BCUT2D eigenvalue weighted by molar-refractivity contribution is 5.76. The average molecular weight is 376 g/mol. The molecule has 0 N–H and O–H groups in total. The van der Waals surface area contributed by atoms with Gasteiger partial charge >= 0.3 is 12.5 Å². The number of carbonyl (C=O) groups is 1. The van der Waals surface area contributed by atoms with Crippen LogP contribution in [0.15, 0.2) is 28.8 Å². The van der Waals surface area contributed by atoms with E-state index in [4.69, 9.17) is 9.26 Å². The first-order valence-electron chi connectivity index (χ1n) is 8.80. The number of esters is 1. The summed E-state index contributed by atoms with van der Waals surface area (Å²) in [6.07, 6.45) is 1.47. The van der Waals surface area contributed by atoms with Crippen LogP contribution in [0.2, 0.25) is 0 Å². The van der Waals surface area contributed by atoms with E-state index in [9.17, 15) is 13.6 Å². The van der Waals surface area contributed by atoms with Crippen molar-refractivity contribution in [2.45, 2.75) is 51.2 Å². The zero-order valence-corrected chi connectivity index (χ0v) is 14.6. The van der Waals surface area contributed by atoms with Crippen molar-refractivity contribution in [2.75, 3.05) is 0 Å². The van der Waals surface area contributed by atoms with Crippen molar-refractivity contribution in [1.29, 1.82) is 0 Å². The van der Waals surface area contributed by atoms with Gasteiger partial charge in [0.2, 0.25) is 5.89 Å². The van der Waals surface area contributed by atoms with Gasteiger partial charge in [0, 0.05) is 12.3 Å². The number of rotatable bonds is 7. The van der Waals surface area contributed by atoms with Crippen LogP contribution in [0.5, 0.6) is 0 Å². The number of halogens is 2. The Morgan fingerprint density at radius 1 is 1.33 bits per heavy atom. The van der Waals surface area contributed by atoms with E-state index in [1.54, 1.807) is 24.3 Å². The van der Waals surface area contributed by atoms with E-state index in [0.717, 1.165) is 17.4 Å². The monoisotopic (exact) mass is 376 g/mol. The maximum absolute atomic E-state index is 13.5. The van der Waals surface area contributed by atoms with Crippen molar-refractivity contribution in [3.63, 3.8) is 0 Å². The SMILES string of the molecule is C[C@H](OC(=O)CCc1nc(C2CC2)no1)c1nc2ccccc2n1C(F)F. The number of fused-ring (bicyclic) bond motifs is 1. The van der Waals surface area contributed by atoms with Gasteiger partial charge in [0.1, 0.15) is 0 Å². The first kappa shape index (κ1) is 17.6. The zero-order valence-electron chi connectivity index (χ0n) is 14.6. The van der Waals surface area contributed by atoms with Gasteiger partial charge in [-0.1, -0.05) is 17.3 Å². The molecular formula is C18H18F2N4O3. The number of hydrogen-bond donors (Lipinski definition) is 0. The Morgan fingerprint density at radius 3 is 2.85 bits per heavy atom. The van der Waals surface area contributed by atoms with Gasteiger partial charge in [-0.3, -0.25) is 9.36 Å². The zero-order chi connectivity index (χ0) is 19.0. The second-order valence-corrected chi connectivity index (χ2v) is 6.56. The highest BCUT2D eigenvalue weighted by Gasteiger charge is 2.29. The van der Waals surface area contributed by atoms with Gasteiger partial charge in [-0.25, -0.2) is 4.98 Å². The molecule has 3 aromatic rings.